The molecule has 146 valence electrons. The van der Waals surface area contributed by atoms with Gasteiger partial charge < -0.3 is 9.88 Å². The summed E-state index contributed by atoms with van der Waals surface area (Å²) in [6, 6.07) is 24.5. The Morgan fingerprint density at radius 1 is 0.966 bits per heavy atom. The van der Waals surface area contributed by atoms with Crippen molar-refractivity contribution in [3.8, 4) is 22.0 Å². The number of rotatable bonds is 8. The Morgan fingerprint density at radius 2 is 1.72 bits per heavy atom. The molecule has 0 atom stereocenters. The van der Waals surface area contributed by atoms with Crippen LogP contribution in [0, 0.1) is 0 Å². The number of hydrogen-bond acceptors (Lipinski definition) is 3. The van der Waals surface area contributed by atoms with Gasteiger partial charge in [-0.15, -0.1) is 11.3 Å². The first-order valence-corrected chi connectivity index (χ1v) is 10.6. The molecular formula is C24H23N3OS. The maximum Gasteiger partial charge on any atom is 0.239 e. The van der Waals surface area contributed by atoms with Gasteiger partial charge >= 0.3 is 0 Å². The maximum absolute atomic E-state index is 12.4. The molecule has 2 aromatic carbocycles. The highest BCUT2D eigenvalue weighted by molar-refractivity contribution is 7.13. The monoisotopic (exact) mass is 401 g/mol. The highest BCUT2D eigenvalue weighted by Gasteiger charge is 2.12. The fraction of sp³-hybridized carbons (Fsp3) is 0.167. The molecule has 0 radical (unpaired) electrons. The molecule has 2 heterocycles. The minimum Gasteiger partial charge on any atom is -0.355 e. The zero-order chi connectivity index (χ0) is 19.9. The first-order chi connectivity index (χ1) is 14.3. The van der Waals surface area contributed by atoms with Crippen molar-refractivity contribution in [3.05, 3.63) is 89.9 Å². The van der Waals surface area contributed by atoms with Crippen LogP contribution in [0.5, 0.6) is 0 Å². The van der Waals surface area contributed by atoms with E-state index in [0.717, 1.165) is 34.8 Å². The Bertz CT molecular complexity index is 1050. The molecule has 0 saturated heterocycles. The molecule has 5 heteroatoms. The third-order valence-electron chi connectivity index (χ3n) is 4.74. The summed E-state index contributed by atoms with van der Waals surface area (Å²) in [6.07, 6.45) is 3.83. The van der Waals surface area contributed by atoms with E-state index in [9.17, 15) is 4.79 Å². The van der Waals surface area contributed by atoms with Crippen LogP contribution < -0.4 is 5.32 Å². The number of amides is 1. The Hall–Kier alpha value is -3.18. The van der Waals surface area contributed by atoms with E-state index in [2.05, 4.69) is 35.0 Å². The van der Waals surface area contributed by atoms with Gasteiger partial charge in [-0.2, -0.15) is 0 Å². The molecule has 1 amide bonds. The lowest BCUT2D eigenvalue weighted by Crippen LogP contribution is -2.28. The van der Waals surface area contributed by atoms with E-state index >= 15 is 0 Å². The molecule has 0 spiro atoms. The van der Waals surface area contributed by atoms with E-state index in [4.69, 9.17) is 4.98 Å². The second-order valence-corrected chi connectivity index (χ2v) is 7.72. The second-order valence-electron chi connectivity index (χ2n) is 6.86. The number of benzene rings is 2. The van der Waals surface area contributed by atoms with E-state index in [1.54, 1.807) is 11.3 Å². The highest BCUT2D eigenvalue weighted by Crippen LogP contribution is 2.29. The summed E-state index contributed by atoms with van der Waals surface area (Å²) in [5.41, 5.74) is 4.33. The predicted molar refractivity (Wildman–Crippen MR) is 119 cm³/mol. The summed E-state index contributed by atoms with van der Waals surface area (Å²) in [7, 11) is 0. The summed E-state index contributed by atoms with van der Waals surface area (Å²) >= 11 is 1.60. The van der Waals surface area contributed by atoms with Crippen molar-refractivity contribution in [2.24, 2.45) is 0 Å². The minimum atomic E-state index is 0.0235. The zero-order valence-electron chi connectivity index (χ0n) is 16.1. The Kier molecular flexibility index (Phi) is 6.17. The van der Waals surface area contributed by atoms with Gasteiger partial charge in [-0.3, -0.25) is 4.79 Å². The molecule has 4 aromatic rings. The van der Waals surface area contributed by atoms with Crippen molar-refractivity contribution < 1.29 is 4.79 Å². The third kappa shape index (κ3) is 5.00. The van der Waals surface area contributed by atoms with Crippen molar-refractivity contribution in [1.29, 1.82) is 0 Å². The van der Waals surface area contributed by atoms with Crippen molar-refractivity contribution in [2.75, 3.05) is 6.54 Å². The van der Waals surface area contributed by atoms with Gasteiger partial charge in [-0.05, 0) is 30.5 Å². The van der Waals surface area contributed by atoms with Crippen LogP contribution in [0.25, 0.3) is 22.0 Å². The largest absolute Gasteiger partial charge is 0.355 e. The summed E-state index contributed by atoms with van der Waals surface area (Å²) in [5.74, 6) is 0.0235. The first kappa shape index (κ1) is 19.2. The quantitative estimate of drug-likeness (QED) is 0.421. The number of hydrogen-bond donors (Lipinski definition) is 1. The molecule has 0 aliphatic carbocycles. The van der Waals surface area contributed by atoms with Gasteiger partial charge in [0, 0.05) is 23.7 Å². The molecule has 0 unspecified atom stereocenters. The zero-order valence-corrected chi connectivity index (χ0v) is 16.9. The molecule has 0 aliphatic rings. The molecule has 1 N–H and O–H groups in total. The van der Waals surface area contributed by atoms with Gasteiger partial charge in [-0.25, -0.2) is 4.98 Å². The minimum absolute atomic E-state index is 0.0235. The van der Waals surface area contributed by atoms with Gasteiger partial charge in [0.15, 0.2) is 0 Å². The fourth-order valence-corrected chi connectivity index (χ4v) is 4.12. The molecular weight excluding hydrogens is 378 g/mol. The van der Waals surface area contributed by atoms with E-state index in [1.165, 1.54) is 5.56 Å². The molecule has 4 nitrogen and oxygen atoms in total. The third-order valence-corrected chi connectivity index (χ3v) is 5.61. The van der Waals surface area contributed by atoms with Crippen molar-refractivity contribution >= 4 is 17.2 Å². The maximum atomic E-state index is 12.4. The number of nitrogens with one attached hydrogen (secondary N) is 1. The van der Waals surface area contributed by atoms with Crippen molar-refractivity contribution in [3.63, 3.8) is 0 Å². The standard InChI is InChI=1S/C24H23N3OS/c28-23(25-15-7-11-19-9-3-1-4-10-19)17-27-16-8-14-22(27)24-26-21(18-29-24)20-12-5-2-6-13-20/h1-6,8-10,12-14,16,18H,7,11,15,17H2,(H,25,28). The molecule has 2 aromatic heterocycles. The van der Waals surface area contributed by atoms with E-state index in [0.29, 0.717) is 13.1 Å². The van der Waals surface area contributed by atoms with Crippen LogP contribution in [0.1, 0.15) is 12.0 Å². The van der Waals surface area contributed by atoms with Crippen LogP contribution >= 0.6 is 11.3 Å². The average molecular weight is 402 g/mol. The predicted octanol–water partition coefficient (Wildman–Crippen LogP) is 5.03. The molecule has 0 aliphatic heterocycles. The number of carbonyl (C=O) groups excluding carboxylic acids is 1. The van der Waals surface area contributed by atoms with Gasteiger partial charge in [-0.1, -0.05) is 60.7 Å². The summed E-state index contributed by atoms with van der Waals surface area (Å²) in [4.78, 5) is 17.1. The molecule has 0 fully saturated rings. The first-order valence-electron chi connectivity index (χ1n) is 9.77. The van der Waals surface area contributed by atoms with Crippen LogP contribution in [0.15, 0.2) is 84.4 Å². The van der Waals surface area contributed by atoms with Crippen LogP contribution in [0.4, 0.5) is 0 Å². The van der Waals surface area contributed by atoms with Gasteiger partial charge in [0.2, 0.25) is 5.91 Å². The van der Waals surface area contributed by atoms with Crippen molar-refractivity contribution in [1.82, 2.24) is 14.9 Å². The van der Waals surface area contributed by atoms with E-state index in [1.807, 2.05) is 59.3 Å². The normalized spacial score (nSPS) is 10.8. The van der Waals surface area contributed by atoms with Crippen LogP contribution in [0.3, 0.4) is 0 Å². The van der Waals surface area contributed by atoms with E-state index < -0.39 is 0 Å². The Balaban J connectivity index is 1.33. The molecule has 4 rings (SSSR count). The van der Waals surface area contributed by atoms with Gasteiger partial charge in [0.05, 0.1) is 11.4 Å². The van der Waals surface area contributed by atoms with Crippen LogP contribution in [-0.4, -0.2) is 22.0 Å². The van der Waals surface area contributed by atoms with Gasteiger partial charge in [0.25, 0.3) is 0 Å². The van der Waals surface area contributed by atoms with Crippen LogP contribution in [0.2, 0.25) is 0 Å². The highest BCUT2D eigenvalue weighted by atomic mass is 32.1. The topological polar surface area (TPSA) is 46.9 Å². The van der Waals surface area contributed by atoms with Crippen LogP contribution in [-0.2, 0) is 17.8 Å². The fourth-order valence-electron chi connectivity index (χ4n) is 3.25. The number of thiazole rings is 1. The molecule has 29 heavy (non-hydrogen) atoms. The lowest BCUT2D eigenvalue weighted by Gasteiger charge is -2.09. The van der Waals surface area contributed by atoms with Gasteiger partial charge in [0.1, 0.15) is 11.6 Å². The summed E-state index contributed by atoms with van der Waals surface area (Å²) in [6.45, 7) is 0.980. The number of carbonyl (C=O) groups is 1. The summed E-state index contributed by atoms with van der Waals surface area (Å²) in [5, 5.41) is 6.01. The molecule has 0 bridgehead atoms. The smallest absolute Gasteiger partial charge is 0.239 e. The Labute approximate surface area is 174 Å². The molecule has 0 saturated carbocycles. The Morgan fingerprint density at radius 3 is 2.52 bits per heavy atom. The second kappa shape index (κ2) is 9.34. The van der Waals surface area contributed by atoms with E-state index in [-0.39, 0.29) is 5.91 Å². The lowest BCUT2D eigenvalue weighted by atomic mass is 10.1. The number of aryl methyl sites for hydroxylation is 1. The summed E-state index contributed by atoms with van der Waals surface area (Å²) < 4.78 is 1.96. The lowest BCUT2D eigenvalue weighted by molar-refractivity contribution is -0.121. The number of nitrogens with zero attached hydrogens (tertiary/aromatic N) is 2. The SMILES string of the molecule is O=C(Cn1cccc1-c1nc(-c2ccccc2)cs1)NCCCc1ccccc1. The number of aromatic nitrogens is 2. The average Bonchev–Trinajstić information content (AvgIpc) is 3.42. The van der Waals surface area contributed by atoms with Crippen molar-refractivity contribution in [2.45, 2.75) is 19.4 Å².